The van der Waals surface area contributed by atoms with Gasteiger partial charge in [-0.15, -0.1) is 0 Å². The zero-order chi connectivity index (χ0) is 32.0. The van der Waals surface area contributed by atoms with Crippen LogP contribution >= 0.6 is 11.6 Å². The number of carbonyl (C=O) groups is 3. The Balaban J connectivity index is 1.35. The molecule has 0 unspecified atom stereocenters. The van der Waals surface area contributed by atoms with Crippen LogP contribution in [-0.2, 0) is 10.7 Å². The number of hydrogen-bond acceptors (Lipinski definition) is 6. The monoisotopic (exact) mass is 630 g/mol. The zero-order valence-electron chi connectivity index (χ0n) is 24.0. The first-order valence-corrected chi connectivity index (χ1v) is 14.2. The number of fused-ring (bicyclic) bond motifs is 3. The van der Waals surface area contributed by atoms with Crippen LogP contribution in [0.4, 0.5) is 20.2 Å². The van der Waals surface area contributed by atoms with Gasteiger partial charge >= 0.3 is 0 Å². The number of hydrogen-bond donors (Lipinski definition) is 1. The van der Waals surface area contributed by atoms with E-state index in [1.54, 1.807) is 4.90 Å². The first-order valence-electron chi connectivity index (χ1n) is 13.8. The summed E-state index contributed by atoms with van der Waals surface area (Å²) in [5.41, 5.74) is 0.341. The van der Waals surface area contributed by atoms with Crippen molar-refractivity contribution in [3.63, 3.8) is 0 Å². The Labute approximate surface area is 261 Å². The Morgan fingerprint density at radius 2 is 1.69 bits per heavy atom. The van der Waals surface area contributed by atoms with E-state index in [-0.39, 0.29) is 52.6 Å². The fourth-order valence-electron chi connectivity index (χ4n) is 5.80. The van der Waals surface area contributed by atoms with Crippen LogP contribution in [0.3, 0.4) is 0 Å². The van der Waals surface area contributed by atoms with Gasteiger partial charge in [0.1, 0.15) is 11.8 Å². The number of alkyl halides is 2. The highest BCUT2D eigenvalue weighted by Gasteiger charge is 2.48. The third-order valence-corrected chi connectivity index (χ3v) is 8.36. The van der Waals surface area contributed by atoms with Crippen LogP contribution in [0.25, 0.3) is 0 Å². The van der Waals surface area contributed by atoms with E-state index in [1.807, 2.05) is 6.07 Å². The summed E-state index contributed by atoms with van der Waals surface area (Å²) in [7, 11) is 1.41. The molecule has 6 rings (SSSR count). The van der Waals surface area contributed by atoms with Crippen molar-refractivity contribution in [2.24, 2.45) is 0 Å². The van der Waals surface area contributed by atoms with Gasteiger partial charge in [0.15, 0.2) is 5.69 Å². The maximum absolute atomic E-state index is 15.3. The number of halogens is 3. The zero-order valence-corrected chi connectivity index (χ0v) is 24.8. The normalized spacial score (nSPS) is 17.4. The number of nitrogens with one attached hydrogen (secondary N) is 1. The van der Waals surface area contributed by atoms with Crippen molar-refractivity contribution < 1.29 is 27.9 Å². The number of carbonyl (C=O) groups excluding carboxylic acids is 3. The number of benzene rings is 3. The van der Waals surface area contributed by atoms with Gasteiger partial charge < -0.3 is 15.0 Å². The van der Waals surface area contributed by atoms with E-state index < -0.39 is 29.8 Å². The summed E-state index contributed by atoms with van der Waals surface area (Å²) in [5, 5.41) is 16.9. The largest absolute Gasteiger partial charge is 0.495 e. The number of nitriles is 1. The molecule has 2 aliphatic heterocycles. The lowest BCUT2D eigenvalue weighted by atomic mass is 9.99. The van der Waals surface area contributed by atoms with Crippen molar-refractivity contribution in [1.82, 2.24) is 14.7 Å². The Morgan fingerprint density at radius 1 is 1.04 bits per heavy atom. The van der Waals surface area contributed by atoms with Crippen LogP contribution in [0.1, 0.15) is 50.5 Å². The molecule has 45 heavy (non-hydrogen) atoms. The molecule has 0 spiro atoms. The Morgan fingerprint density at radius 3 is 2.31 bits per heavy atom. The lowest BCUT2D eigenvalue weighted by molar-refractivity contribution is -0.127. The summed E-state index contributed by atoms with van der Waals surface area (Å²) < 4.78 is 37.3. The maximum Gasteiger partial charge on any atom is 0.298 e. The van der Waals surface area contributed by atoms with Gasteiger partial charge in [0.25, 0.3) is 17.7 Å². The van der Waals surface area contributed by atoms with Crippen molar-refractivity contribution in [3.8, 4) is 11.8 Å². The van der Waals surface area contributed by atoms with Gasteiger partial charge in [-0.05, 0) is 42.5 Å². The van der Waals surface area contributed by atoms with Crippen LogP contribution in [0.2, 0.25) is 5.02 Å². The van der Waals surface area contributed by atoms with Gasteiger partial charge in [-0.25, -0.2) is 0 Å². The molecular formula is C32H25ClF2N6O4. The first-order chi connectivity index (χ1) is 21.5. The summed E-state index contributed by atoms with van der Waals surface area (Å²) in [5.74, 6) is -4.32. The quantitative estimate of drug-likeness (QED) is 0.311. The fourth-order valence-corrected chi connectivity index (χ4v) is 5.93. The summed E-state index contributed by atoms with van der Waals surface area (Å²) >= 11 is 5.87. The fraction of sp³-hybridized carbons (Fsp3) is 0.219. The standard InChI is InChI=1S/C32H25ClF2N6O4/c1-18(42)39-16-26-27(17-39)41-29(25(15-37-41)38-30(43)19-3-12-28(45-2)20(13-19)14-36)31(44)40(26)24-10-6-22(7-11-24)32(34,35)21-4-8-23(33)9-5-21/h3-13,15,26-27H,16-17H2,1-2H3,(H,38,43)/t26-,27+/m0/s1. The number of ether oxygens (including phenoxy) is 1. The summed E-state index contributed by atoms with van der Waals surface area (Å²) in [6, 6.07) is 16.0. The first kappa shape index (κ1) is 29.8. The van der Waals surface area contributed by atoms with E-state index in [0.717, 1.165) is 0 Å². The Kier molecular flexibility index (Phi) is 7.50. The van der Waals surface area contributed by atoms with E-state index in [4.69, 9.17) is 16.3 Å². The highest BCUT2D eigenvalue weighted by atomic mass is 35.5. The van der Waals surface area contributed by atoms with Crippen LogP contribution in [0.15, 0.2) is 72.9 Å². The topological polar surface area (TPSA) is 121 Å². The molecule has 0 aliphatic carbocycles. The van der Waals surface area contributed by atoms with Crippen molar-refractivity contribution in [2.45, 2.75) is 24.9 Å². The molecule has 2 aliphatic rings. The minimum Gasteiger partial charge on any atom is -0.495 e. The van der Waals surface area contributed by atoms with Gasteiger partial charge in [-0.3, -0.25) is 24.0 Å². The Bertz CT molecular complexity index is 1870. The molecule has 3 heterocycles. The SMILES string of the molecule is COc1ccc(C(=O)Nc2cnn3c2C(=O)N(c2ccc(C(F)(F)c4ccc(Cl)cc4)cc2)[C@H]2CN(C(C)=O)C[C@H]23)cc1C#N. The molecule has 2 atom stereocenters. The number of methoxy groups -OCH3 is 1. The molecule has 13 heteroatoms. The summed E-state index contributed by atoms with van der Waals surface area (Å²) in [6.07, 6.45) is 1.35. The number of anilines is 2. The maximum atomic E-state index is 15.3. The smallest absolute Gasteiger partial charge is 0.298 e. The molecule has 0 radical (unpaired) electrons. The highest BCUT2D eigenvalue weighted by Crippen LogP contribution is 2.41. The molecule has 1 aromatic heterocycles. The van der Waals surface area contributed by atoms with Crippen molar-refractivity contribution in [2.75, 3.05) is 30.4 Å². The molecule has 3 aromatic carbocycles. The number of rotatable bonds is 6. The molecule has 10 nitrogen and oxygen atoms in total. The molecule has 228 valence electrons. The lowest BCUT2D eigenvalue weighted by Crippen LogP contribution is -2.51. The second-order valence-electron chi connectivity index (χ2n) is 10.7. The van der Waals surface area contributed by atoms with Crippen LogP contribution < -0.4 is 15.0 Å². The minimum atomic E-state index is -3.32. The molecule has 3 amide bonds. The van der Waals surface area contributed by atoms with Crippen molar-refractivity contribution in [3.05, 3.63) is 106 Å². The van der Waals surface area contributed by atoms with Gasteiger partial charge in [0, 0.05) is 47.4 Å². The number of likely N-dealkylation sites (tertiary alicyclic amines) is 1. The molecule has 4 aromatic rings. The summed E-state index contributed by atoms with van der Waals surface area (Å²) in [4.78, 5) is 42.8. The molecule has 0 bridgehead atoms. The van der Waals surface area contributed by atoms with Crippen LogP contribution in [0, 0.1) is 11.3 Å². The molecule has 1 fully saturated rings. The Hall–Kier alpha value is -5.28. The van der Waals surface area contributed by atoms with Crippen LogP contribution in [0.5, 0.6) is 5.75 Å². The van der Waals surface area contributed by atoms with E-state index in [9.17, 15) is 19.6 Å². The predicted molar refractivity (Wildman–Crippen MR) is 161 cm³/mol. The van der Waals surface area contributed by atoms with Crippen LogP contribution in [-0.4, -0.2) is 58.6 Å². The van der Waals surface area contributed by atoms with Gasteiger partial charge in [-0.2, -0.15) is 19.1 Å². The average Bonchev–Trinajstić information content (AvgIpc) is 3.66. The van der Waals surface area contributed by atoms with E-state index in [2.05, 4.69) is 10.4 Å². The lowest BCUT2D eigenvalue weighted by Gasteiger charge is -2.37. The van der Waals surface area contributed by atoms with Gasteiger partial charge in [-0.1, -0.05) is 35.9 Å². The number of aromatic nitrogens is 2. The minimum absolute atomic E-state index is 0.0691. The highest BCUT2D eigenvalue weighted by molar-refractivity contribution is 6.30. The molecule has 1 saturated heterocycles. The van der Waals surface area contributed by atoms with Crippen molar-refractivity contribution in [1.29, 1.82) is 5.26 Å². The van der Waals surface area contributed by atoms with E-state index >= 15 is 8.78 Å². The number of amides is 3. The second-order valence-corrected chi connectivity index (χ2v) is 11.1. The van der Waals surface area contributed by atoms with Crippen molar-refractivity contribution >= 4 is 40.7 Å². The second kappa shape index (κ2) is 11.3. The third-order valence-electron chi connectivity index (χ3n) is 8.11. The molecule has 1 N–H and O–H groups in total. The van der Waals surface area contributed by atoms with Gasteiger partial charge in [0.2, 0.25) is 5.91 Å². The average molecular weight is 631 g/mol. The van der Waals surface area contributed by atoms with E-state index in [1.165, 1.54) is 96.5 Å². The third kappa shape index (κ3) is 5.15. The predicted octanol–water partition coefficient (Wildman–Crippen LogP) is 5.24. The van der Waals surface area contributed by atoms with E-state index in [0.29, 0.717) is 16.5 Å². The van der Waals surface area contributed by atoms with Gasteiger partial charge in [0.05, 0.1) is 36.6 Å². The molecule has 0 saturated carbocycles. The molecular weight excluding hydrogens is 606 g/mol. The summed E-state index contributed by atoms with van der Waals surface area (Å²) in [6.45, 7) is 1.89. The number of nitrogens with zero attached hydrogens (tertiary/aromatic N) is 5.